The van der Waals surface area contributed by atoms with Crippen molar-refractivity contribution in [1.82, 2.24) is 5.32 Å². The molecule has 0 saturated carbocycles. The summed E-state index contributed by atoms with van der Waals surface area (Å²) in [7, 11) is 0. The fraction of sp³-hybridized carbons (Fsp3) is 0.235. The molecule has 0 fully saturated rings. The van der Waals surface area contributed by atoms with Gasteiger partial charge >= 0.3 is 6.09 Å². The maximum Gasteiger partial charge on any atom is 0.407 e. The van der Waals surface area contributed by atoms with Gasteiger partial charge in [-0.15, -0.1) is 0 Å². The van der Waals surface area contributed by atoms with Gasteiger partial charge in [-0.2, -0.15) is 0 Å². The molecule has 0 heterocycles. The van der Waals surface area contributed by atoms with Crippen LogP contribution in [0.5, 0.6) is 0 Å². The van der Waals surface area contributed by atoms with Crippen LogP contribution < -0.4 is 5.32 Å². The molecule has 1 N–H and O–H groups in total. The van der Waals surface area contributed by atoms with Crippen LogP contribution in [0.25, 0.3) is 0 Å². The number of amides is 1. The number of nitrogens with one attached hydrogen (secondary N) is 1. The van der Waals surface area contributed by atoms with E-state index in [2.05, 4.69) is 18.5 Å². The average molecular weight is 273 g/mol. The first kappa shape index (κ1) is 17.7. The van der Waals surface area contributed by atoms with E-state index in [1.54, 1.807) is 12.2 Å². The van der Waals surface area contributed by atoms with Crippen LogP contribution in [0.3, 0.4) is 0 Å². The van der Waals surface area contributed by atoms with Crippen molar-refractivity contribution in [3.8, 4) is 0 Å². The van der Waals surface area contributed by atoms with E-state index in [4.69, 9.17) is 4.74 Å². The zero-order valence-corrected chi connectivity index (χ0v) is 12.3. The topological polar surface area (TPSA) is 38.3 Å². The number of allylic oxidation sites excluding steroid dienone is 6. The molecule has 0 aliphatic carbocycles. The van der Waals surface area contributed by atoms with Crippen LogP contribution in [0.1, 0.15) is 13.8 Å². The lowest BCUT2D eigenvalue weighted by molar-refractivity contribution is 0.157. The lowest BCUT2D eigenvalue weighted by Gasteiger charge is -2.07. The molecule has 20 heavy (non-hydrogen) atoms. The molecular formula is C17H23NO2. The third kappa shape index (κ3) is 8.75. The molecule has 108 valence electrons. The van der Waals surface area contributed by atoms with Crippen LogP contribution in [0.15, 0.2) is 72.9 Å². The summed E-state index contributed by atoms with van der Waals surface area (Å²) in [6.07, 6.45) is 14.1. The maximum absolute atomic E-state index is 11.5. The quantitative estimate of drug-likeness (QED) is 0.676. The minimum absolute atomic E-state index is 0.202. The lowest BCUT2D eigenvalue weighted by atomic mass is 10.2. The number of alkyl carbamates (subject to hydrolysis) is 1. The van der Waals surface area contributed by atoms with Gasteiger partial charge in [-0.3, -0.25) is 0 Å². The molecule has 0 aliphatic rings. The summed E-state index contributed by atoms with van der Waals surface area (Å²) in [5.74, 6) is 0. The van der Waals surface area contributed by atoms with Gasteiger partial charge in [0.25, 0.3) is 0 Å². The molecule has 0 unspecified atom stereocenters. The SMILES string of the molecule is C=C/C=C\C(=C/C)CNC(=O)OC/C(C=C)=C/C=C\C. The van der Waals surface area contributed by atoms with Crippen molar-refractivity contribution in [3.63, 3.8) is 0 Å². The Balaban J connectivity index is 4.20. The van der Waals surface area contributed by atoms with Gasteiger partial charge < -0.3 is 10.1 Å². The van der Waals surface area contributed by atoms with Crippen molar-refractivity contribution < 1.29 is 9.53 Å². The fourth-order valence-corrected chi connectivity index (χ4v) is 1.22. The molecule has 1 amide bonds. The molecule has 3 nitrogen and oxygen atoms in total. The molecule has 0 bridgehead atoms. The first-order valence-electron chi connectivity index (χ1n) is 6.47. The normalized spacial score (nSPS) is 12.7. The van der Waals surface area contributed by atoms with Gasteiger partial charge in [-0.1, -0.05) is 61.8 Å². The van der Waals surface area contributed by atoms with Gasteiger partial charge in [-0.05, 0) is 25.0 Å². The number of rotatable bonds is 8. The van der Waals surface area contributed by atoms with Crippen molar-refractivity contribution in [2.75, 3.05) is 13.2 Å². The molecule has 0 atom stereocenters. The van der Waals surface area contributed by atoms with E-state index in [-0.39, 0.29) is 6.61 Å². The number of carbonyl (C=O) groups excluding carboxylic acids is 1. The number of hydrogen-bond acceptors (Lipinski definition) is 2. The molecule has 0 aromatic rings. The summed E-state index contributed by atoms with van der Waals surface area (Å²) in [5, 5.41) is 2.68. The third-order valence-electron chi connectivity index (χ3n) is 2.39. The molecule has 0 aromatic carbocycles. The van der Waals surface area contributed by atoms with E-state index in [1.807, 2.05) is 50.3 Å². The smallest absolute Gasteiger partial charge is 0.407 e. The minimum atomic E-state index is -0.454. The molecule has 0 spiro atoms. The van der Waals surface area contributed by atoms with E-state index in [9.17, 15) is 4.79 Å². The zero-order chi connectivity index (χ0) is 15.2. The highest BCUT2D eigenvalue weighted by molar-refractivity contribution is 5.68. The van der Waals surface area contributed by atoms with Crippen LogP contribution in [-0.4, -0.2) is 19.2 Å². The van der Waals surface area contributed by atoms with Crippen LogP contribution in [0, 0.1) is 0 Å². The Hall–Kier alpha value is -2.29. The van der Waals surface area contributed by atoms with Gasteiger partial charge in [0, 0.05) is 6.54 Å². The van der Waals surface area contributed by atoms with Crippen molar-refractivity contribution in [1.29, 1.82) is 0 Å². The monoisotopic (exact) mass is 273 g/mol. The summed E-state index contributed by atoms with van der Waals surface area (Å²) in [5.41, 5.74) is 1.83. The minimum Gasteiger partial charge on any atom is -0.445 e. The Morgan fingerprint density at radius 1 is 1.20 bits per heavy atom. The van der Waals surface area contributed by atoms with Crippen molar-refractivity contribution in [2.45, 2.75) is 13.8 Å². The third-order valence-corrected chi connectivity index (χ3v) is 2.39. The highest BCUT2D eigenvalue weighted by atomic mass is 16.5. The number of hydrogen-bond donors (Lipinski definition) is 1. The Kier molecular flexibility index (Phi) is 10.4. The zero-order valence-electron chi connectivity index (χ0n) is 12.3. The Labute approximate surface area is 121 Å². The summed E-state index contributed by atoms with van der Waals surface area (Å²) in [6, 6.07) is 0. The lowest BCUT2D eigenvalue weighted by Crippen LogP contribution is -2.26. The predicted octanol–water partition coefficient (Wildman–Crippen LogP) is 4.09. The second kappa shape index (κ2) is 11.8. The molecule has 0 aliphatic heterocycles. The van der Waals surface area contributed by atoms with E-state index in [1.165, 1.54) is 0 Å². The van der Waals surface area contributed by atoms with Crippen LogP contribution in [0.2, 0.25) is 0 Å². The van der Waals surface area contributed by atoms with Gasteiger partial charge in [-0.25, -0.2) is 4.79 Å². The summed E-state index contributed by atoms with van der Waals surface area (Å²) in [4.78, 5) is 11.5. The standard InChI is InChI=1S/C17H23NO2/c1-5-9-11-15(7-3)13-18-17(19)20-14-16(8-4)12-10-6-2/h5-12H,1,4,13-14H2,2-3H3,(H,18,19)/b10-6-,11-9-,15-7+,16-12+. The number of ether oxygens (including phenoxy) is 1. The highest BCUT2D eigenvalue weighted by Crippen LogP contribution is 1.99. The van der Waals surface area contributed by atoms with Gasteiger partial charge in [0.05, 0.1) is 0 Å². The van der Waals surface area contributed by atoms with E-state index >= 15 is 0 Å². The largest absolute Gasteiger partial charge is 0.445 e. The number of carbonyl (C=O) groups is 1. The first-order valence-corrected chi connectivity index (χ1v) is 6.47. The second-order valence-corrected chi connectivity index (χ2v) is 3.86. The Morgan fingerprint density at radius 3 is 2.50 bits per heavy atom. The maximum atomic E-state index is 11.5. The second-order valence-electron chi connectivity index (χ2n) is 3.86. The van der Waals surface area contributed by atoms with Crippen molar-refractivity contribution >= 4 is 6.09 Å². The van der Waals surface area contributed by atoms with Crippen molar-refractivity contribution in [2.24, 2.45) is 0 Å². The molecule has 0 rings (SSSR count). The van der Waals surface area contributed by atoms with Gasteiger partial charge in [0.15, 0.2) is 0 Å². The summed E-state index contributed by atoms with van der Waals surface area (Å²) in [6.45, 7) is 11.7. The van der Waals surface area contributed by atoms with Gasteiger partial charge in [0.2, 0.25) is 0 Å². The van der Waals surface area contributed by atoms with Crippen LogP contribution >= 0.6 is 0 Å². The van der Waals surface area contributed by atoms with E-state index in [0.717, 1.165) is 11.1 Å². The van der Waals surface area contributed by atoms with E-state index < -0.39 is 6.09 Å². The van der Waals surface area contributed by atoms with Crippen molar-refractivity contribution in [3.05, 3.63) is 72.9 Å². The van der Waals surface area contributed by atoms with Crippen LogP contribution in [-0.2, 0) is 4.74 Å². The Morgan fingerprint density at radius 2 is 1.95 bits per heavy atom. The predicted molar refractivity (Wildman–Crippen MR) is 85.5 cm³/mol. The average Bonchev–Trinajstić information content (AvgIpc) is 2.47. The molecular weight excluding hydrogens is 250 g/mol. The molecule has 0 aromatic heterocycles. The van der Waals surface area contributed by atoms with Crippen LogP contribution in [0.4, 0.5) is 4.79 Å². The summed E-state index contributed by atoms with van der Waals surface area (Å²) < 4.78 is 5.10. The molecule has 3 heteroatoms. The molecule has 0 saturated heterocycles. The van der Waals surface area contributed by atoms with E-state index in [0.29, 0.717) is 6.54 Å². The first-order chi connectivity index (χ1) is 9.67. The van der Waals surface area contributed by atoms with Gasteiger partial charge in [0.1, 0.15) is 6.61 Å². The molecule has 0 radical (unpaired) electrons. The summed E-state index contributed by atoms with van der Waals surface area (Å²) >= 11 is 0. The Bertz CT molecular complexity index is 440. The highest BCUT2D eigenvalue weighted by Gasteiger charge is 2.02. The fourth-order valence-electron chi connectivity index (χ4n) is 1.22.